The molecule has 0 aliphatic rings. The Kier molecular flexibility index (Phi) is 5.95. The highest BCUT2D eigenvalue weighted by atomic mass is 19.1. The van der Waals surface area contributed by atoms with Crippen LogP contribution in [-0.4, -0.2) is 19.7 Å². The van der Waals surface area contributed by atoms with Crippen molar-refractivity contribution in [2.75, 3.05) is 4.90 Å². The number of aromatic nitrogens is 4. The summed E-state index contributed by atoms with van der Waals surface area (Å²) in [7, 11) is 0. The largest absolute Gasteiger partial charge is 0.358 e. The SMILES string of the molecule is N#Cc1ccc(Cn2cnnc2CN(Cc2ccc3ccccc3n2)c2ccc(F)cc2)cc1. The van der Waals surface area contributed by atoms with Gasteiger partial charge in [-0.05, 0) is 54.1 Å². The third-order valence-electron chi connectivity index (χ3n) is 5.66. The number of nitrogens with zero attached hydrogens (tertiary/aromatic N) is 6. The van der Waals surface area contributed by atoms with Crippen LogP contribution in [0.25, 0.3) is 10.9 Å². The number of nitriles is 1. The Morgan fingerprint density at radius 2 is 1.68 bits per heavy atom. The molecule has 0 aliphatic heterocycles. The maximum absolute atomic E-state index is 13.6. The highest BCUT2D eigenvalue weighted by Gasteiger charge is 2.15. The number of benzene rings is 3. The zero-order chi connectivity index (χ0) is 23.3. The molecule has 3 aromatic carbocycles. The van der Waals surface area contributed by atoms with Crippen LogP contribution in [0.5, 0.6) is 0 Å². The van der Waals surface area contributed by atoms with Gasteiger partial charge in [-0.25, -0.2) is 4.39 Å². The highest BCUT2D eigenvalue weighted by Crippen LogP contribution is 2.21. The highest BCUT2D eigenvalue weighted by molar-refractivity contribution is 5.78. The third kappa shape index (κ3) is 4.76. The molecule has 0 saturated carbocycles. The number of anilines is 1. The van der Waals surface area contributed by atoms with E-state index in [1.165, 1.54) is 12.1 Å². The van der Waals surface area contributed by atoms with Crippen LogP contribution >= 0.6 is 0 Å². The molecule has 0 bridgehead atoms. The molecule has 0 amide bonds. The smallest absolute Gasteiger partial charge is 0.152 e. The lowest BCUT2D eigenvalue weighted by Gasteiger charge is -2.24. The first kappa shape index (κ1) is 21.3. The molecule has 34 heavy (non-hydrogen) atoms. The Labute approximate surface area is 196 Å². The molecule has 7 heteroatoms. The minimum absolute atomic E-state index is 0.281. The Hall–Kier alpha value is -4.57. The maximum Gasteiger partial charge on any atom is 0.152 e. The van der Waals surface area contributed by atoms with Crippen molar-refractivity contribution in [3.05, 3.63) is 120 Å². The minimum Gasteiger partial charge on any atom is -0.358 e. The summed E-state index contributed by atoms with van der Waals surface area (Å²) in [5.74, 6) is 0.492. The van der Waals surface area contributed by atoms with Crippen molar-refractivity contribution in [1.29, 1.82) is 5.26 Å². The molecule has 5 aromatic rings. The number of fused-ring (bicyclic) bond motifs is 1. The maximum atomic E-state index is 13.6. The summed E-state index contributed by atoms with van der Waals surface area (Å²) < 4.78 is 15.6. The summed E-state index contributed by atoms with van der Waals surface area (Å²) in [6, 6.07) is 28.1. The average Bonchev–Trinajstić information content (AvgIpc) is 3.31. The minimum atomic E-state index is -0.281. The second-order valence-corrected chi connectivity index (χ2v) is 8.01. The molecule has 6 nitrogen and oxygen atoms in total. The Morgan fingerprint density at radius 1 is 0.882 bits per heavy atom. The molecule has 0 saturated heterocycles. The van der Waals surface area contributed by atoms with E-state index in [0.29, 0.717) is 25.2 Å². The fourth-order valence-corrected chi connectivity index (χ4v) is 3.87. The van der Waals surface area contributed by atoms with Crippen molar-refractivity contribution in [3.8, 4) is 6.07 Å². The summed E-state index contributed by atoms with van der Waals surface area (Å²) in [4.78, 5) is 6.92. The van der Waals surface area contributed by atoms with Gasteiger partial charge in [-0.3, -0.25) is 4.98 Å². The van der Waals surface area contributed by atoms with Crippen LogP contribution in [0.15, 0.2) is 91.3 Å². The van der Waals surface area contributed by atoms with Crippen LogP contribution in [0.1, 0.15) is 22.6 Å². The second kappa shape index (κ2) is 9.51. The Bertz CT molecular complexity index is 1450. The predicted octanol–water partition coefficient (Wildman–Crippen LogP) is 5.09. The van der Waals surface area contributed by atoms with Gasteiger partial charge in [-0.2, -0.15) is 5.26 Å². The number of rotatable bonds is 7. The number of hydrogen-bond acceptors (Lipinski definition) is 5. The van der Waals surface area contributed by atoms with Crippen LogP contribution in [0.2, 0.25) is 0 Å². The van der Waals surface area contributed by atoms with Crippen LogP contribution < -0.4 is 4.90 Å². The molecule has 2 heterocycles. The van der Waals surface area contributed by atoms with E-state index in [9.17, 15) is 4.39 Å². The zero-order valence-electron chi connectivity index (χ0n) is 18.3. The van der Waals surface area contributed by atoms with Gasteiger partial charge >= 0.3 is 0 Å². The molecule has 166 valence electrons. The van der Waals surface area contributed by atoms with Crippen molar-refractivity contribution in [2.24, 2.45) is 0 Å². The normalized spacial score (nSPS) is 10.8. The molecular formula is C27H21FN6. The van der Waals surface area contributed by atoms with Gasteiger partial charge in [-0.1, -0.05) is 36.4 Å². The standard InChI is InChI=1S/C27H21FN6/c28-23-10-13-25(14-11-23)33(17-24-12-9-22-3-1-2-4-26(22)31-24)18-27-32-30-19-34(27)16-21-7-5-20(15-29)6-8-21/h1-14,19H,16-18H2. The second-order valence-electron chi connectivity index (χ2n) is 8.01. The fourth-order valence-electron chi connectivity index (χ4n) is 3.87. The van der Waals surface area contributed by atoms with Crippen molar-refractivity contribution >= 4 is 16.6 Å². The molecule has 0 N–H and O–H groups in total. The molecule has 0 fully saturated rings. The third-order valence-corrected chi connectivity index (χ3v) is 5.66. The van der Waals surface area contributed by atoms with Crippen molar-refractivity contribution < 1.29 is 4.39 Å². The van der Waals surface area contributed by atoms with E-state index >= 15 is 0 Å². The predicted molar refractivity (Wildman–Crippen MR) is 128 cm³/mol. The fraction of sp³-hybridized carbons (Fsp3) is 0.111. The van der Waals surface area contributed by atoms with E-state index in [-0.39, 0.29) is 5.82 Å². The zero-order valence-corrected chi connectivity index (χ0v) is 18.3. The van der Waals surface area contributed by atoms with Gasteiger partial charge in [0.25, 0.3) is 0 Å². The van der Waals surface area contributed by atoms with Crippen LogP contribution in [0, 0.1) is 17.1 Å². The van der Waals surface area contributed by atoms with Gasteiger partial charge in [0, 0.05) is 11.1 Å². The van der Waals surface area contributed by atoms with Gasteiger partial charge < -0.3 is 9.47 Å². The number of pyridine rings is 1. The lowest BCUT2D eigenvalue weighted by atomic mass is 10.1. The van der Waals surface area contributed by atoms with E-state index in [4.69, 9.17) is 10.2 Å². The quantitative estimate of drug-likeness (QED) is 0.347. The van der Waals surface area contributed by atoms with E-state index in [1.807, 2.05) is 47.0 Å². The van der Waals surface area contributed by atoms with Crippen LogP contribution in [0.3, 0.4) is 0 Å². The number of para-hydroxylation sites is 1. The molecule has 0 aliphatic carbocycles. The van der Waals surface area contributed by atoms with E-state index in [0.717, 1.165) is 33.7 Å². The summed E-state index contributed by atoms with van der Waals surface area (Å²) in [6.45, 7) is 1.58. The van der Waals surface area contributed by atoms with Gasteiger partial charge in [0.05, 0.1) is 42.5 Å². The molecular weight excluding hydrogens is 427 g/mol. The molecule has 0 atom stereocenters. The number of halogens is 1. The van der Waals surface area contributed by atoms with Crippen molar-refractivity contribution in [1.82, 2.24) is 19.7 Å². The van der Waals surface area contributed by atoms with E-state index < -0.39 is 0 Å². The lowest BCUT2D eigenvalue weighted by molar-refractivity contribution is 0.626. The summed E-state index contributed by atoms with van der Waals surface area (Å²) in [6.07, 6.45) is 1.70. The van der Waals surface area contributed by atoms with Crippen LogP contribution in [-0.2, 0) is 19.6 Å². The molecule has 2 aromatic heterocycles. The number of hydrogen-bond donors (Lipinski definition) is 0. The summed E-state index contributed by atoms with van der Waals surface area (Å²) in [5.41, 5.74) is 4.37. The summed E-state index contributed by atoms with van der Waals surface area (Å²) >= 11 is 0. The topological polar surface area (TPSA) is 70.6 Å². The van der Waals surface area contributed by atoms with E-state index in [2.05, 4.69) is 27.2 Å². The average molecular weight is 449 g/mol. The van der Waals surface area contributed by atoms with E-state index in [1.54, 1.807) is 30.6 Å². The first-order valence-corrected chi connectivity index (χ1v) is 10.9. The van der Waals surface area contributed by atoms with Crippen molar-refractivity contribution in [3.63, 3.8) is 0 Å². The molecule has 0 radical (unpaired) electrons. The summed E-state index contributed by atoms with van der Waals surface area (Å²) in [5, 5.41) is 18.6. The molecule has 0 unspecified atom stereocenters. The van der Waals surface area contributed by atoms with Crippen molar-refractivity contribution in [2.45, 2.75) is 19.6 Å². The molecule has 0 spiro atoms. The first-order valence-electron chi connectivity index (χ1n) is 10.9. The first-order chi connectivity index (χ1) is 16.7. The van der Waals surface area contributed by atoms with Crippen LogP contribution in [0.4, 0.5) is 10.1 Å². The van der Waals surface area contributed by atoms with Gasteiger partial charge in [0.1, 0.15) is 12.1 Å². The van der Waals surface area contributed by atoms with Gasteiger partial charge in [-0.15, -0.1) is 10.2 Å². The Morgan fingerprint density at radius 3 is 2.47 bits per heavy atom. The lowest BCUT2D eigenvalue weighted by Crippen LogP contribution is -2.25. The monoisotopic (exact) mass is 448 g/mol. The molecule has 5 rings (SSSR count). The van der Waals surface area contributed by atoms with Gasteiger partial charge in [0.2, 0.25) is 0 Å². The Balaban J connectivity index is 1.42. The van der Waals surface area contributed by atoms with Gasteiger partial charge in [0.15, 0.2) is 5.82 Å².